The first-order valence-corrected chi connectivity index (χ1v) is 6.35. The zero-order valence-electron chi connectivity index (χ0n) is 11.7. The third-order valence-corrected chi connectivity index (χ3v) is 2.46. The summed E-state index contributed by atoms with van der Waals surface area (Å²) in [5.74, 6) is -1.50. The molecule has 0 aromatic carbocycles. The molecule has 116 valence electrons. The molecular formula is C12H18N4O5. The summed E-state index contributed by atoms with van der Waals surface area (Å²) in [5, 5.41) is 17.0. The molecule has 3 amide bonds. The highest BCUT2D eigenvalue weighted by Crippen LogP contribution is 2.04. The van der Waals surface area contributed by atoms with Crippen LogP contribution in [0.4, 0.5) is 10.5 Å². The van der Waals surface area contributed by atoms with Gasteiger partial charge in [0.2, 0.25) is 5.91 Å². The lowest BCUT2D eigenvalue weighted by atomic mass is 10.2. The summed E-state index contributed by atoms with van der Waals surface area (Å²) in [4.78, 5) is 33.2. The summed E-state index contributed by atoms with van der Waals surface area (Å²) >= 11 is 0. The van der Waals surface area contributed by atoms with E-state index in [1.807, 2.05) is 0 Å². The molecular weight excluding hydrogens is 280 g/mol. The van der Waals surface area contributed by atoms with E-state index in [1.54, 1.807) is 18.0 Å². The van der Waals surface area contributed by atoms with Crippen LogP contribution in [0.25, 0.3) is 0 Å². The molecule has 1 aromatic heterocycles. The first-order chi connectivity index (χ1) is 10.0. The highest BCUT2D eigenvalue weighted by molar-refractivity contribution is 6.01. The monoisotopic (exact) mass is 298 g/mol. The number of anilines is 1. The summed E-state index contributed by atoms with van der Waals surface area (Å²) in [6.07, 6.45) is 3.11. The maximum absolute atomic E-state index is 11.5. The van der Waals surface area contributed by atoms with Gasteiger partial charge >= 0.3 is 12.0 Å². The highest BCUT2D eigenvalue weighted by atomic mass is 16.5. The van der Waals surface area contributed by atoms with Crippen LogP contribution in [0.1, 0.15) is 19.3 Å². The van der Waals surface area contributed by atoms with E-state index in [0.29, 0.717) is 18.8 Å². The van der Waals surface area contributed by atoms with E-state index >= 15 is 0 Å². The predicted octanol–water partition coefficient (Wildman–Crippen LogP) is 0.432. The number of nitrogens with zero attached hydrogens (tertiary/aromatic N) is 2. The van der Waals surface area contributed by atoms with Gasteiger partial charge in [-0.25, -0.2) is 4.79 Å². The molecule has 0 saturated heterocycles. The maximum Gasteiger partial charge on any atom is 0.325 e. The van der Waals surface area contributed by atoms with Crippen molar-refractivity contribution in [3.05, 3.63) is 12.4 Å². The molecule has 0 spiro atoms. The lowest BCUT2D eigenvalue weighted by Crippen LogP contribution is -2.34. The van der Waals surface area contributed by atoms with Gasteiger partial charge in [-0.1, -0.05) is 0 Å². The number of hydrogen-bond acceptors (Lipinski definition) is 5. The molecule has 0 aliphatic carbocycles. The molecule has 0 fully saturated rings. The molecule has 1 aromatic rings. The number of ether oxygens (including phenoxy) is 1. The van der Waals surface area contributed by atoms with Crippen LogP contribution in [-0.4, -0.2) is 46.5 Å². The first-order valence-electron chi connectivity index (χ1n) is 6.35. The molecule has 0 aliphatic heterocycles. The number of aromatic nitrogens is 2. The highest BCUT2D eigenvalue weighted by Gasteiger charge is 2.09. The van der Waals surface area contributed by atoms with Crippen LogP contribution in [0.5, 0.6) is 0 Å². The van der Waals surface area contributed by atoms with Gasteiger partial charge < -0.3 is 15.2 Å². The van der Waals surface area contributed by atoms with Crippen molar-refractivity contribution >= 4 is 23.6 Å². The minimum absolute atomic E-state index is 0.0210. The molecule has 9 nitrogen and oxygen atoms in total. The topological polar surface area (TPSA) is 123 Å². The number of carboxylic acid groups (broad SMARTS) is 1. The van der Waals surface area contributed by atoms with Crippen molar-refractivity contribution < 1.29 is 24.2 Å². The minimum Gasteiger partial charge on any atom is -0.481 e. The second kappa shape index (κ2) is 8.69. The number of aliphatic carboxylic acids is 1. The molecule has 1 heterocycles. The molecule has 0 bridgehead atoms. The summed E-state index contributed by atoms with van der Waals surface area (Å²) in [7, 11) is 1.58. The molecule has 3 N–H and O–H groups in total. The van der Waals surface area contributed by atoms with Crippen molar-refractivity contribution in [2.24, 2.45) is 0 Å². The number of imide groups is 1. The van der Waals surface area contributed by atoms with Crippen LogP contribution in [0.2, 0.25) is 0 Å². The summed E-state index contributed by atoms with van der Waals surface area (Å²) in [6, 6.07) is -0.679. The van der Waals surface area contributed by atoms with Crippen LogP contribution < -0.4 is 10.6 Å². The smallest absolute Gasteiger partial charge is 0.325 e. The Balaban J connectivity index is 2.30. The van der Waals surface area contributed by atoms with Gasteiger partial charge in [-0.2, -0.15) is 5.10 Å². The number of carboxylic acids is 1. The van der Waals surface area contributed by atoms with Crippen molar-refractivity contribution in [1.82, 2.24) is 15.1 Å². The van der Waals surface area contributed by atoms with E-state index in [0.717, 1.165) is 0 Å². The van der Waals surface area contributed by atoms with E-state index in [4.69, 9.17) is 9.84 Å². The lowest BCUT2D eigenvalue weighted by Gasteiger charge is -2.04. The van der Waals surface area contributed by atoms with Gasteiger partial charge in [-0.15, -0.1) is 0 Å². The largest absolute Gasteiger partial charge is 0.481 e. The van der Waals surface area contributed by atoms with Crippen LogP contribution >= 0.6 is 0 Å². The Hall–Kier alpha value is -2.42. The maximum atomic E-state index is 11.5. The Kier molecular flexibility index (Phi) is 6.88. The van der Waals surface area contributed by atoms with Crippen molar-refractivity contribution in [2.75, 3.05) is 19.0 Å². The lowest BCUT2D eigenvalue weighted by molar-refractivity contribution is -0.137. The standard InChI is InChI=1S/C12H18N4O5/c1-21-6-5-16-8-9(7-13-16)14-12(20)15-10(17)3-2-4-11(18)19/h7-8H,2-6H2,1H3,(H,18,19)(H2,14,15,17,20). The fraction of sp³-hybridized carbons (Fsp3) is 0.500. The minimum atomic E-state index is -0.976. The van der Waals surface area contributed by atoms with E-state index in [9.17, 15) is 14.4 Å². The van der Waals surface area contributed by atoms with Crippen molar-refractivity contribution in [1.29, 1.82) is 0 Å². The van der Waals surface area contributed by atoms with Crippen molar-refractivity contribution in [3.63, 3.8) is 0 Å². The van der Waals surface area contributed by atoms with Gasteiger partial charge in [0.1, 0.15) is 0 Å². The Morgan fingerprint density at radius 1 is 1.38 bits per heavy atom. The van der Waals surface area contributed by atoms with Crippen LogP contribution in [-0.2, 0) is 20.9 Å². The molecule has 0 unspecified atom stereocenters. The summed E-state index contributed by atoms with van der Waals surface area (Å²) in [5.41, 5.74) is 0.446. The second-order valence-corrected chi connectivity index (χ2v) is 4.23. The SMILES string of the molecule is COCCn1cc(NC(=O)NC(=O)CCCC(=O)O)cn1. The number of hydrogen-bond donors (Lipinski definition) is 3. The summed E-state index contributed by atoms with van der Waals surface area (Å²) in [6.45, 7) is 1.04. The number of urea groups is 1. The van der Waals surface area contributed by atoms with E-state index in [-0.39, 0.29) is 19.3 Å². The average Bonchev–Trinajstić information content (AvgIpc) is 2.83. The predicted molar refractivity (Wildman–Crippen MR) is 72.8 cm³/mol. The Morgan fingerprint density at radius 3 is 2.81 bits per heavy atom. The van der Waals surface area contributed by atoms with Gasteiger partial charge in [-0.3, -0.25) is 19.6 Å². The first kappa shape index (κ1) is 16.6. The molecule has 0 saturated carbocycles. The number of methoxy groups -OCH3 is 1. The number of carbonyl (C=O) groups excluding carboxylic acids is 2. The Labute approximate surface area is 121 Å². The summed E-state index contributed by atoms with van der Waals surface area (Å²) < 4.78 is 6.49. The second-order valence-electron chi connectivity index (χ2n) is 4.23. The van der Waals surface area contributed by atoms with Gasteiger partial charge in [0.25, 0.3) is 0 Å². The number of carbonyl (C=O) groups is 3. The molecule has 0 aliphatic rings. The zero-order chi connectivity index (χ0) is 15.7. The number of nitrogens with one attached hydrogen (secondary N) is 2. The third-order valence-electron chi connectivity index (χ3n) is 2.46. The number of amides is 3. The zero-order valence-corrected chi connectivity index (χ0v) is 11.7. The van der Waals surface area contributed by atoms with Gasteiger partial charge in [0.15, 0.2) is 0 Å². The van der Waals surface area contributed by atoms with E-state index < -0.39 is 17.9 Å². The van der Waals surface area contributed by atoms with E-state index in [1.165, 1.54) is 6.20 Å². The van der Waals surface area contributed by atoms with Crippen LogP contribution in [0.15, 0.2) is 12.4 Å². The van der Waals surface area contributed by atoms with Crippen LogP contribution in [0, 0.1) is 0 Å². The average molecular weight is 298 g/mol. The normalized spacial score (nSPS) is 10.1. The number of rotatable bonds is 8. The fourth-order valence-corrected chi connectivity index (χ4v) is 1.49. The Morgan fingerprint density at radius 2 is 2.14 bits per heavy atom. The van der Waals surface area contributed by atoms with Gasteiger partial charge in [0, 0.05) is 26.1 Å². The van der Waals surface area contributed by atoms with Crippen LogP contribution in [0.3, 0.4) is 0 Å². The van der Waals surface area contributed by atoms with Crippen molar-refractivity contribution in [3.8, 4) is 0 Å². The molecule has 0 atom stereocenters. The molecule has 0 radical (unpaired) electrons. The van der Waals surface area contributed by atoms with Gasteiger partial charge in [0.05, 0.1) is 25.0 Å². The quantitative estimate of drug-likeness (QED) is 0.639. The Bertz CT molecular complexity index is 500. The van der Waals surface area contributed by atoms with Crippen molar-refractivity contribution in [2.45, 2.75) is 25.8 Å². The molecule has 1 rings (SSSR count). The third kappa shape index (κ3) is 7.06. The fourth-order valence-electron chi connectivity index (χ4n) is 1.49. The molecule has 21 heavy (non-hydrogen) atoms. The van der Waals surface area contributed by atoms with E-state index in [2.05, 4.69) is 15.7 Å². The van der Waals surface area contributed by atoms with Gasteiger partial charge in [-0.05, 0) is 6.42 Å². The molecule has 9 heteroatoms.